The van der Waals surface area contributed by atoms with Crippen LogP contribution >= 0.6 is 0 Å². The lowest BCUT2D eigenvalue weighted by atomic mass is 9.95. The molecule has 90 valence electrons. The number of esters is 1. The number of carbonyl (C=O) groups is 2. The van der Waals surface area contributed by atoms with Crippen molar-refractivity contribution in [2.75, 3.05) is 6.61 Å². The minimum absolute atomic E-state index is 0.188. The SMILES string of the molecule is CCCC(C#N)(NC(=O)CC)C(=O)OCC. The van der Waals surface area contributed by atoms with E-state index in [9.17, 15) is 9.59 Å². The highest BCUT2D eigenvalue weighted by atomic mass is 16.5. The molecule has 0 bridgehead atoms. The Morgan fingerprint density at radius 1 is 1.38 bits per heavy atom. The third kappa shape index (κ3) is 3.54. The zero-order valence-corrected chi connectivity index (χ0v) is 10.0. The van der Waals surface area contributed by atoms with Crippen molar-refractivity contribution in [1.82, 2.24) is 5.32 Å². The summed E-state index contributed by atoms with van der Waals surface area (Å²) in [7, 11) is 0. The first kappa shape index (κ1) is 14.4. The molecule has 1 amide bonds. The van der Waals surface area contributed by atoms with Gasteiger partial charge in [0.2, 0.25) is 11.4 Å². The van der Waals surface area contributed by atoms with E-state index in [1.54, 1.807) is 13.8 Å². The number of rotatable bonds is 6. The summed E-state index contributed by atoms with van der Waals surface area (Å²) < 4.78 is 4.82. The molecule has 16 heavy (non-hydrogen) atoms. The Hall–Kier alpha value is -1.57. The van der Waals surface area contributed by atoms with E-state index in [0.29, 0.717) is 6.42 Å². The predicted octanol–water partition coefficient (Wildman–Crippen LogP) is 1.14. The summed E-state index contributed by atoms with van der Waals surface area (Å²) in [6.45, 7) is 5.35. The summed E-state index contributed by atoms with van der Waals surface area (Å²) in [4.78, 5) is 23.0. The van der Waals surface area contributed by atoms with Crippen molar-refractivity contribution >= 4 is 11.9 Å². The minimum atomic E-state index is -1.53. The molecule has 0 aromatic rings. The molecule has 0 aromatic carbocycles. The average Bonchev–Trinajstić information content (AvgIpc) is 2.28. The molecule has 0 radical (unpaired) electrons. The summed E-state index contributed by atoms with van der Waals surface area (Å²) in [5, 5.41) is 11.5. The van der Waals surface area contributed by atoms with Crippen LogP contribution in [0.15, 0.2) is 0 Å². The van der Waals surface area contributed by atoms with Crippen LogP contribution in [-0.4, -0.2) is 24.0 Å². The first-order chi connectivity index (χ1) is 7.56. The van der Waals surface area contributed by atoms with E-state index < -0.39 is 11.5 Å². The van der Waals surface area contributed by atoms with Crippen molar-refractivity contribution in [2.45, 2.75) is 45.6 Å². The largest absolute Gasteiger partial charge is 0.463 e. The van der Waals surface area contributed by atoms with E-state index >= 15 is 0 Å². The number of amides is 1. The highest BCUT2D eigenvalue weighted by molar-refractivity contribution is 5.90. The molecule has 0 saturated carbocycles. The Balaban J connectivity index is 4.92. The van der Waals surface area contributed by atoms with Gasteiger partial charge >= 0.3 is 5.97 Å². The molecule has 0 aliphatic rings. The summed E-state index contributed by atoms with van der Waals surface area (Å²) in [6, 6.07) is 1.86. The molecule has 1 atom stereocenters. The van der Waals surface area contributed by atoms with Crippen molar-refractivity contribution in [3.05, 3.63) is 0 Å². The number of hydrogen-bond acceptors (Lipinski definition) is 4. The number of nitrogens with one attached hydrogen (secondary N) is 1. The van der Waals surface area contributed by atoms with Crippen molar-refractivity contribution in [3.8, 4) is 6.07 Å². The second kappa shape index (κ2) is 6.83. The Morgan fingerprint density at radius 2 is 2.00 bits per heavy atom. The van der Waals surface area contributed by atoms with Crippen LogP contribution in [-0.2, 0) is 14.3 Å². The van der Waals surface area contributed by atoms with Gasteiger partial charge in [-0.15, -0.1) is 0 Å². The van der Waals surface area contributed by atoms with E-state index in [-0.39, 0.29) is 25.4 Å². The molecule has 1 N–H and O–H groups in total. The van der Waals surface area contributed by atoms with Crippen LogP contribution in [0.3, 0.4) is 0 Å². The molecule has 1 unspecified atom stereocenters. The Morgan fingerprint density at radius 3 is 2.38 bits per heavy atom. The highest BCUT2D eigenvalue weighted by Crippen LogP contribution is 2.15. The second-order valence-electron chi connectivity index (χ2n) is 3.39. The van der Waals surface area contributed by atoms with Gasteiger partial charge in [0.25, 0.3) is 0 Å². The fraction of sp³-hybridized carbons (Fsp3) is 0.727. The van der Waals surface area contributed by atoms with Gasteiger partial charge in [-0.25, -0.2) is 4.79 Å². The van der Waals surface area contributed by atoms with Gasteiger partial charge in [0, 0.05) is 6.42 Å². The molecule has 0 aromatic heterocycles. The highest BCUT2D eigenvalue weighted by Gasteiger charge is 2.40. The molecule has 0 saturated heterocycles. The van der Waals surface area contributed by atoms with Crippen molar-refractivity contribution in [1.29, 1.82) is 5.26 Å². The monoisotopic (exact) mass is 226 g/mol. The maximum atomic E-state index is 11.7. The Bertz CT molecular complexity index is 296. The van der Waals surface area contributed by atoms with Gasteiger partial charge in [-0.2, -0.15) is 5.26 Å². The van der Waals surface area contributed by atoms with E-state index in [2.05, 4.69) is 5.32 Å². The molecule has 5 heteroatoms. The third-order valence-electron chi connectivity index (χ3n) is 2.11. The number of ether oxygens (including phenoxy) is 1. The zero-order chi connectivity index (χ0) is 12.6. The average molecular weight is 226 g/mol. The van der Waals surface area contributed by atoms with E-state index in [0.717, 1.165) is 0 Å². The lowest BCUT2D eigenvalue weighted by Crippen LogP contribution is -2.54. The van der Waals surface area contributed by atoms with Gasteiger partial charge in [0.05, 0.1) is 6.61 Å². The Labute approximate surface area is 95.8 Å². The van der Waals surface area contributed by atoms with Crippen LogP contribution in [0.4, 0.5) is 0 Å². The van der Waals surface area contributed by atoms with Crippen LogP contribution in [0, 0.1) is 11.3 Å². The van der Waals surface area contributed by atoms with E-state index in [4.69, 9.17) is 10.00 Å². The van der Waals surface area contributed by atoms with E-state index in [1.165, 1.54) is 0 Å². The van der Waals surface area contributed by atoms with Crippen molar-refractivity contribution in [3.63, 3.8) is 0 Å². The van der Waals surface area contributed by atoms with Crippen LogP contribution in [0.5, 0.6) is 0 Å². The normalized spacial score (nSPS) is 13.4. The van der Waals surface area contributed by atoms with Gasteiger partial charge in [-0.05, 0) is 13.3 Å². The van der Waals surface area contributed by atoms with Crippen LogP contribution in [0.25, 0.3) is 0 Å². The summed E-state index contributed by atoms with van der Waals surface area (Å²) in [5.41, 5.74) is -1.53. The number of nitriles is 1. The second-order valence-corrected chi connectivity index (χ2v) is 3.39. The number of hydrogen-bond donors (Lipinski definition) is 1. The van der Waals surface area contributed by atoms with Gasteiger partial charge in [0.1, 0.15) is 6.07 Å². The standard InChI is InChI=1S/C11H18N2O3/c1-4-7-11(8-12,10(15)16-6-3)13-9(14)5-2/h4-7H2,1-3H3,(H,13,14). The van der Waals surface area contributed by atoms with Crippen LogP contribution in [0.1, 0.15) is 40.0 Å². The van der Waals surface area contributed by atoms with E-state index in [1.807, 2.05) is 13.0 Å². The van der Waals surface area contributed by atoms with Crippen molar-refractivity contribution < 1.29 is 14.3 Å². The molecular weight excluding hydrogens is 208 g/mol. The molecular formula is C11H18N2O3. The first-order valence-electron chi connectivity index (χ1n) is 5.45. The first-order valence-corrected chi connectivity index (χ1v) is 5.45. The van der Waals surface area contributed by atoms with Crippen LogP contribution < -0.4 is 5.32 Å². The molecule has 0 rings (SSSR count). The summed E-state index contributed by atoms with van der Waals surface area (Å²) >= 11 is 0. The third-order valence-corrected chi connectivity index (χ3v) is 2.11. The molecule has 0 spiro atoms. The smallest absolute Gasteiger partial charge is 0.346 e. The van der Waals surface area contributed by atoms with Crippen molar-refractivity contribution in [2.24, 2.45) is 0 Å². The topological polar surface area (TPSA) is 79.2 Å². The fourth-order valence-electron chi connectivity index (χ4n) is 1.30. The maximum absolute atomic E-state index is 11.7. The summed E-state index contributed by atoms with van der Waals surface area (Å²) in [5.74, 6) is -1.01. The lowest BCUT2D eigenvalue weighted by molar-refractivity contribution is -0.151. The lowest BCUT2D eigenvalue weighted by Gasteiger charge is -2.24. The van der Waals surface area contributed by atoms with Gasteiger partial charge in [-0.3, -0.25) is 4.79 Å². The zero-order valence-electron chi connectivity index (χ0n) is 10.0. The molecule has 0 heterocycles. The molecule has 5 nitrogen and oxygen atoms in total. The van der Waals surface area contributed by atoms with Crippen LogP contribution in [0.2, 0.25) is 0 Å². The summed E-state index contributed by atoms with van der Waals surface area (Å²) in [6.07, 6.45) is 1.09. The van der Waals surface area contributed by atoms with Gasteiger partial charge in [0.15, 0.2) is 0 Å². The van der Waals surface area contributed by atoms with Gasteiger partial charge < -0.3 is 10.1 Å². The number of nitrogens with zero attached hydrogens (tertiary/aromatic N) is 1. The molecule has 0 fully saturated rings. The molecule has 0 aliphatic heterocycles. The Kier molecular flexibility index (Phi) is 6.16. The minimum Gasteiger partial charge on any atom is -0.463 e. The number of carbonyl (C=O) groups excluding carboxylic acids is 2. The molecule has 0 aliphatic carbocycles. The quantitative estimate of drug-likeness (QED) is 0.689. The van der Waals surface area contributed by atoms with Gasteiger partial charge in [-0.1, -0.05) is 20.3 Å². The predicted molar refractivity (Wildman–Crippen MR) is 58.3 cm³/mol. The maximum Gasteiger partial charge on any atom is 0.346 e. The fourth-order valence-corrected chi connectivity index (χ4v) is 1.30.